The molecule has 0 bridgehead atoms. The monoisotopic (exact) mass is 328 g/mol. The van der Waals surface area contributed by atoms with Gasteiger partial charge in [-0.3, -0.25) is 9.69 Å². The van der Waals surface area contributed by atoms with Crippen molar-refractivity contribution in [2.24, 2.45) is 0 Å². The fourth-order valence-electron chi connectivity index (χ4n) is 2.94. The number of piperazine rings is 1. The van der Waals surface area contributed by atoms with Gasteiger partial charge in [-0.1, -0.05) is 18.2 Å². The molecule has 0 saturated carbocycles. The van der Waals surface area contributed by atoms with Gasteiger partial charge >= 0.3 is 0 Å². The Bertz CT molecular complexity index is 714. The number of aromatic nitrogens is 1. The van der Waals surface area contributed by atoms with E-state index in [0.717, 1.165) is 44.0 Å². The number of nitrogens with zero attached hydrogens (tertiary/aromatic N) is 3. The largest absolute Gasteiger partial charge is 0.352 e. The van der Waals surface area contributed by atoms with Crippen LogP contribution in [0, 0.1) is 5.82 Å². The van der Waals surface area contributed by atoms with E-state index >= 15 is 0 Å². The lowest BCUT2D eigenvalue weighted by Crippen LogP contribution is -2.46. The van der Waals surface area contributed by atoms with Crippen molar-refractivity contribution in [2.45, 2.75) is 13.5 Å². The Hall–Kier alpha value is -2.47. The number of amides is 1. The average molecular weight is 328 g/mol. The molecule has 0 atom stereocenters. The molecular formula is C18H21FN4O. The van der Waals surface area contributed by atoms with Crippen LogP contribution in [0.15, 0.2) is 42.6 Å². The average Bonchev–Trinajstić information content (AvgIpc) is 2.57. The lowest BCUT2D eigenvalue weighted by molar-refractivity contribution is -0.114. The van der Waals surface area contributed by atoms with E-state index in [1.54, 1.807) is 12.3 Å². The number of benzene rings is 1. The number of rotatable bonds is 4. The highest BCUT2D eigenvalue weighted by Gasteiger charge is 2.20. The van der Waals surface area contributed by atoms with Gasteiger partial charge in [0.2, 0.25) is 5.91 Å². The van der Waals surface area contributed by atoms with Gasteiger partial charge in [0.05, 0.1) is 0 Å². The zero-order valence-corrected chi connectivity index (χ0v) is 13.7. The van der Waals surface area contributed by atoms with Crippen molar-refractivity contribution in [1.82, 2.24) is 9.88 Å². The summed E-state index contributed by atoms with van der Waals surface area (Å²) in [5.41, 5.74) is 1.94. The Kier molecular flexibility index (Phi) is 5.05. The molecule has 1 aromatic heterocycles. The molecule has 1 saturated heterocycles. The van der Waals surface area contributed by atoms with Gasteiger partial charge in [-0.15, -0.1) is 0 Å². The van der Waals surface area contributed by atoms with Crippen molar-refractivity contribution in [3.63, 3.8) is 0 Å². The van der Waals surface area contributed by atoms with Crippen molar-refractivity contribution in [3.05, 3.63) is 54.0 Å². The molecule has 6 heteroatoms. The first-order valence-electron chi connectivity index (χ1n) is 8.07. The number of anilines is 2. The van der Waals surface area contributed by atoms with Crippen LogP contribution >= 0.6 is 0 Å². The standard InChI is InChI=1S/C18H21FN4O/c1-14(24)21-17-7-3-2-5-15(17)13-22-9-11-23(12-10-22)18-16(19)6-4-8-20-18/h2-8H,9-13H2,1H3,(H,21,24). The molecular weight excluding hydrogens is 307 g/mol. The quantitative estimate of drug-likeness (QED) is 0.937. The number of carbonyl (C=O) groups is 1. The van der Waals surface area contributed by atoms with Crippen LogP contribution in [0.3, 0.4) is 0 Å². The Balaban J connectivity index is 1.62. The SMILES string of the molecule is CC(=O)Nc1ccccc1CN1CCN(c2ncccc2F)CC1. The molecule has 0 radical (unpaired) electrons. The minimum atomic E-state index is -0.276. The molecule has 1 aliphatic rings. The molecule has 3 rings (SSSR count). The summed E-state index contributed by atoms with van der Waals surface area (Å²) in [6.07, 6.45) is 1.62. The third-order valence-corrected chi connectivity index (χ3v) is 4.13. The predicted molar refractivity (Wildman–Crippen MR) is 92.4 cm³/mol. The predicted octanol–water partition coefficient (Wildman–Crippen LogP) is 2.50. The number of para-hydroxylation sites is 1. The number of hydrogen-bond acceptors (Lipinski definition) is 4. The van der Waals surface area contributed by atoms with Gasteiger partial charge < -0.3 is 10.2 Å². The third kappa shape index (κ3) is 3.89. The van der Waals surface area contributed by atoms with Crippen LogP contribution in [0.4, 0.5) is 15.9 Å². The second-order valence-corrected chi connectivity index (χ2v) is 5.91. The molecule has 0 spiro atoms. The molecule has 0 aliphatic carbocycles. The van der Waals surface area contributed by atoms with Crippen LogP contribution in [-0.4, -0.2) is 42.0 Å². The Morgan fingerprint density at radius 2 is 1.92 bits per heavy atom. The summed E-state index contributed by atoms with van der Waals surface area (Å²) in [6.45, 7) is 5.38. The lowest BCUT2D eigenvalue weighted by Gasteiger charge is -2.35. The van der Waals surface area contributed by atoms with Crippen LogP contribution in [0.25, 0.3) is 0 Å². The summed E-state index contributed by atoms with van der Waals surface area (Å²) in [7, 11) is 0. The number of nitrogens with one attached hydrogen (secondary N) is 1. The fourth-order valence-corrected chi connectivity index (χ4v) is 2.94. The minimum Gasteiger partial charge on any atom is -0.352 e. The highest BCUT2D eigenvalue weighted by atomic mass is 19.1. The molecule has 126 valence electrons. The first kappa shape index (κ1) is 16.4. The summed E-state index contributed by atoms with van der Waals surface area (Å²) in [5.74, 6) is 0.0793. The highest BCUT2D eigenvalue weighted by Crippen LogP contribution is 2.20. The molecule has 1 aromatic carbocycles. The van der Waals surface area contributed by atoms with Crippen molar-refractivity contribution in [3.8, 4) is 0 Å². The normalized spacial score (nSPS) is 15.3. The van der Waals surface area contributed by atoms with Crippen LogP contribution < -0.4 is 10.2 Å². The maximum Gasteiger partial charge on any atom is 0.221 e. The molecule has 5 nitrogen and oxygen atoms in total. The summed E-state index contributed by atoms with van der Waals surface area (Å²) in [6, 6.07) is 10.9. The molecule has 2 heterocycles. The van der Waals surface area contributed by atoms with Gasteiger partial charge in [0, 0.05) is 51.5 Å². The summed E-state index contributed by atoms with van der Waals surface area (Å²) in [5, 5.41) is 2.87. The zero-order chi connectivity index (χ0) is 16.9. The molecule has 1 aliphatic heterocycles. The van der Waals surface area contributed by atoms with E-state index in [0.29, 0.717) is 5.82 Å². The Morgan fingerprint density at radius 3 is 2.62 bits per heavy atom. The first-order valence-corrected chi connectivity index (χ1v) is 8.07. The minimum absolute atomic E-state index is 0.0714. The van der Waals surface area contributed by atoms with Crippen LogP contribution in [0.2, 0.25) is 0 Å². The van der Waals surface area contributed by atoms with E-state index in [1.807, 2.05) is 29.2 Å². The summed E-state index contributed by atoms with van der Waals surface area (Å²) < 4.78 is 13.8. The van der Waals surface area contributed by atoms with E-state index in [9.17, 15) is 9.18 Å². The molecule has 0 unspecified atom stereocenters. The topological polar surface area (TPSA) is 48.5 Å². The zero-order valence-electron chi connectivity index (χ0n) is 13.7. The second kappa shape index (κ2) is 7.40. The van der Waals surface area contributed by atoms with Gasteiger partial charge in [0.25, 0.3) is 0 Å². The number of pyridine rings is 1. The van der Waals surface area contributed by atoms with E-state index in [2.05, 4.69) is 15.2 Å². The number of hydrogen-bond donors (Lipinski definition) is 1. The number of halogens is 1. The molecule has 24 heavy (non-hydrogen) atoms. The Morgan fingerprint density at radius 1 is 1.17 bits per heavy atom. The molecule has 2 aromatic rings. The van der Waals surface area contributed by atoms with E-state index in [4.69, 9.17) is 0 Å². The maximum absolute atomic E-state index is 13.8. The molecule has 1 N–H and O–H groups in total. The number of carbonyl (C=O) groups excluding carboxylic acids is 1. The maximum atomic E-state index is 13.8. The van der Waals surface area contributed by atoms with Gasteiger partial charge in [0.1, 0.15) is 0 Å². The summed E-state index contributed by atoms with van der Waals surface area (Å²) >= 11 is 0. The van der Waals surface area contributed by atoms with E-state index < -0.39 is 0 Å². The second-order valence-electron chi connectivity index (χ2n) is 5.91. The smallest absolute Gasteiger partial charge is 0.221 e. The summed E-state index contributed by atoms with van der Waals surface area (Å²) in [4.78, 5) is 19.7. The lowest BCUT2D eigenvalue weighted by atomic mass is 10.1. The van der Waals surface area contributed by atoms with E-state index in [-0.39, 0.29) is 11.7 Å². The van der Waals surface area contributed by atoms with Gasteiger partial charge in [0.15, 0.2) is 11.6 Å². The van der Waals surface area contributed by atoms with Crippen molar-refractivity contribution < 1.29 is 9.18 Å². The van der Waals surface area contributed by atoms with Crippen molar-refractivity contribution in [1.29, 1.82) is 0 Å². The van der Waals surface area contributed by atoms with Gasteiger partial charge in [-0.2, -0.15) is 0 Å². The first-order chi connectivity index (χ1) is 11.6. The van der Waals surface area contributed by atoms with Crippen molar-refractivity contribution in [2.75, 3.05) is 36.4 Å². The third-order valence-electron chi connectivity index (χ3n) is 4.13. The van der Waals surface area contributed by atoms with E-state index in [1.165, 1.54) is 13.0 Å². The molecule has 1 fully saturated rings. The van der Waals surface area contributed by atoms with Crippen LogP contribution in [0.5, 0.6) is 0 Å². The van der Waals surface area contributed by atoms with Gasteiger partial charge in [-0.25, -0.2) is 9.37 Å². The molecule has 1 amide bonds. The van der Waals surface area contributed by atoms with Crippen molar-refractivity contribution >= 4 is 17.4 Å². The van der Waals surface area contributed by atoms with Crippen LogP contribution in [-0.2, 0) is 11.3 Å². The Labute approximate surface area is 141 Å². The fraction of sp³-hybridized carbons (Fsp3) is 0.333. The van der Waals surface area contributed by atoms with Gasteiger partial charge in [-0.05, 0) is 23.8 Å². The van der Waals surface area contributed by atoms with Crippen LogP contribution in [0.1, 0.15) is 12.5 Å². The highest BCUT2D eigenvalue weighted by molar-refractivity contribution is 5.89.